The fraction of sp³-hybridized carbons (Fsp3) is 0.643. The molecule has 0 aliphatic rings. The van der Waals surface area contributed by atoms with Crippen molar-refractivity contribution in [1.82, 2.24) is 10.3 Å². The van der Waals surface area contributed by atoms with Gasteiger partial charge in [-0.1, -0.05) is 45.1 Å². The number of hydrogen-bond acceptors (Lipinski definition) is 2. The number of nitrogens with zero attached hydrogens (tertiary/aromatic N) is 1. The summed E-state index contributed by atoms with van der Waals surface area (Å²) < 4.78 is 0. The predicted molar refractivity (Wildman–Crippen MR) is 69.4 cm³/mol. The first kappa shape index (κ1) is 13.2. The van der Waals surface area contributed by atoms with Crippen LogP contribution in [0.25, 0.3) is 0 Å². The van der Waals surface area contributed by atoms with E-state index in [1.54, 1.807) is 0 Å². The number of nitrogens with one attached hydrogen (secondary N) is 1. The molecule has 2 heteroatoms. The van der Waals surface area contributed by atoms with E-state index in [9.17, 15) is 0 Å². The lowest BCUT2D eigenvalue weighted by Gasteiger charge is -2.15. The first-order valence-corrected chi connectivity index (χ1v) is 6.45. The third-order valence-electron chi connectivity index (χ3n) is 3.03. The molecule has 1 heterocycles. The molecule has 1 aromatic rings. The van der Waals surface area contributed by atoms with Gasteiger partial charge in [0.1, 0.15) is 0 Å². The van der Waals surface area contributed by atoms with Crippen molar-refractivity contribution in [3.05, 3.63) is 30.1 Å². The third kappa shape index (κ3) is 4.75. The summed E-state index contributed by atoms with van der Waals surface area (Å²) in [4.78, 5) is 4.17. The molecule has 1 N–H and O–H groups in total. The minimum Gasteiger partial charge on any atom is -0.313 e. The van der Waals surface area contributed by atoms with Crippen molar-refractivity contribution >= 4 is 0 Å². The Bertz CT molecular complexity index is 259. The van der Waals surface area contributed by atoms with Crippen LogP contribution in [-0.2, 0) is 0 Å². The van der Waals surface area contributed by atoms with Gasteiger partial charge in [-0.2, -0.15) is 0 Å². The Hall–Kier alpha value is -0.890. The molecule has 0 fully saturated rings. The second-order valence-corrected chi connectivity index (χ2v) is 4.33. The van der Waals surface area contributed by atoms with Crippen LogP contribution < -0.4 is 5.32 Å². The Morgan fingerprint density at radius 2 is 2.06 bits per heavy atom. The standard InChI is InChI=1S/C14H24N2/c1-3-4-5-6-7-10-14(15-2)13-9-8-11-16-12-13/h8-9,11-12,14-15H,3-7,10H2,1-2H3. The lowest BCUT2D eigenvalue weighted by molar-refractivity contribution is 0.500. The maximum Gasteiger partial charge on any atom is 0.0332 e. The Balaban J connectivity index is 2.27. The van der Waals surface area contributed by atoms with Crippen LogP contribution in [0.5, 0.6) is 0 Å². The largest absolute Gasteiger partial charge is 0.313 e. The number of rotatable bonds is 8. The zero-order valence-electron chi connectivity index (χ0n) is 10.6. The smallest absolute Gasteiger partial charge is 0.0332 e. The van der Waals surface area contributed by atoms with Gasteiger partial charge in [-0.3, -0.25) is 4.98 Å². The molecule has 1 aromatic heterocycles. The second kappa shape index (κ2) is 8.28. The SMILES string of the molecule is CCCCCCCC(NC)c1cccnc1. The summed E-state index contributed by atoms with van der Waals surface area (Å²) in [5.41, 5.74) is 1.31. The minimum atomic E-state index is 0.468. The van der Waals surface area contributed by atoms with Gasteiger partial charge in [-0.25, -0.2) is 0 Å². The van der Waals surface area contributed by atoms with E-state index in [0.29, 0.717) is 6.04 Å². The molecular weight excluding hydrogens is 196 g/mol. The number of unbranched alkanes of at least 4 members (excludes halogenated alkanes) is 4. The molecule has 0 saturated carbocycles. The normalized spacial score (nSPS) is 12.6. The van der Waals surface area contributed by atoms with Gasteiger partial charge in [0.25, 0.3) is 0 Å². The van der Waals surface area contributed by atoms with Crippen LogP contribution in [0.1, 0.15) is 57.1 Å². The second-order valence-electron chi connectivity index (χ2n) is 4.33. The zero-order chi connectivity index (χ0) is 11.6. The topological polar surface area (TPSA) is 24.9 Å². The van der Waals surface area contributed by atoms with Crippen LogP contribution in [0.15, 0.2) is 24.5 Å². The molecule has 0 radical (unpaired) electrons. The Labute approximate surface area is 99.5 Å². The van der Waals surface area contributed by atoms with Gasteiger partial charge in [0.15, 0.2) is 0 Å². The van der Waals surface area contributed by atoms with E-state index in [2.05, 4.69) is 23.3 Å². The molecule has 0 saturated heterocycles. The highest BCUT2D eigenvalue weighted by atomic mass is 14.9. The van der Waals surface area contributed by atoms with Gasteiger partial charge in [0.2, 0.25) is 0 Å². The predicted octanol–water partition coefficient (Wildman–Crippen LogP) is 3.70. The molecule has 2 nitrogen and oxygen atoms in total. The third-order valence-corrected chi connectivity index (χ3v) is 3.03. The number of pyridine rings is 1. The van der Waals surface area contributed by atoms with Gasteiger partial charge in [0, 0.05) is 18.4 Å². The van der Waals surface area contributed by atoms with Crippen molar-refractivity contribution < 1.29 is 0 Å². The average molecular weight is 220 g/mol. The molecule has 90 valence electrons. The summed E-state index contributed by atoms with van der Waals surface area (Å²) in [5.74, 6) is 0. The van der Waals surface area contributed by atoms with Crippen molar-refractivity contribution in [2.45, 2.75) is 51.5 Å². The van der Waals surface area contributed by atoms with Crippen LogP contribution in [0.3, 0.4) is 0 Å². The lowest BCUT2D eigenvalue weighted by Crippen LogP contribution is -2.16. The molecule has 1 rings (SSSR count). The van der Waals surface area contributed by atoms with Crippen LogP contribution >= 0.6 is 0 Å². The molecule has 0 amide bonds. The fourth-order valence-electron chi connectivity index (χ4n) is 2.01. The molecule has 1 atom stereocenters. The molecule has 1 unspecified atom stereocenters. The fourth-order valence-corrected chi connectivity index (χ4v) is 2.01. The monoisotopic (exact) mass is 220 g/mol. The lowest BCUT2D eigenvalue weighted by atomic mass is 10.0. The molecule has 0 bridgehead atoms. The summed E-state index contributed by atoms with van der Waals surface area (Å²) in [6.07, 6.45) is 11.7. The van der Waals surface area contributed by atoms with E-state index in [-0.39, 0.29) is 0 Å². The molecule has 0 aromatic carbocycles. The van der Waals surface area contributed by atoms with Crippen LogP contribution in [0.2, 0.25) is 0 Å². The van der Waals surface area contributed by atoms with Crippen LogP contribution in [0, 0.1) is 0 Å². The minimum absolute atomic E-state index is 0.468. The number of aromatic nitrogens is 1. The zero-order valence-corrected chi connectivity index (χ0v) is 10.6. The van der Waals surface area contributed by atoms with Gasteiger partial charge in [-0.15, -0.1) is 0 Å². The summed E-state index contributed by atoms with van der Waals surface area (Å²) >= 11 is 0. The highest BCUT2D eigenvalue weighted by Crippen LogP contribution is 2.18. The van der Waals surface area contributed by atoms with Crippen molar-refractivity contribution in [2.75, 3.05) is 7.05 Å². The quantitative estimate of drug-likeness (QED) is 0.676. The van der Waals surface area contributed by atoms with E-state index in [4.69, 9.17) is 0 Å². The van der Waals surface area contributed by atoms with E-state index in [1.807, 2.05) is 25.5 Å². The highest BCUT2D eigenvalue weighted by Gasteiger charge is 2.07. The van der Waals surface area contributed by atoms with Gasteiger partial charge in [0.05, 0.1) is 0 Å². The van der Waals surface area contributed by atoms with Crippen molar-refractivity contribution in [1.29, 1.82) is 0 Å². The van der Waals surface area contributed by atoms with E-state index in [0.717, 1.165) is 0 Å². The van der Waals surface area contributed by atoms with Crippen molar-refractivity contribution in [2.24, 2.45) is 0 Å². The summed E-state index contributed by atoms with van der Waals surface area (Å²) in [5, 5.41) is 3.37. The van der Waals surface area contributed by atoms with Gasteiger partial charge < -0.3 is 5.32 Å². The Morgan fingerprint density at radius 3 is 2.69 bits per heavy atom. The van der Waals surface area contributed by atoms with E-state index >= 15 is 0 Å². The number of hydrogen-bond donors (Lipinski definition) is 1. The maximum atomic E-state index is 4.17. The van der Waals surface area contributed by atoms with E-state index < -0.39 is 0 Å². The van der Waals surface area contributed by atoms with E-state index in [1.165, 1.54) is 44.1 Å². The molecule has 16 heavy (non-hydrogen) atoms. The van der Waals surface area contributed by atoms with Crippen molar-refractivity contribution in [3.8, 4) is 0 Å². The van der Waals surface area contributed by atoms with Gasteiger partial charge >= 0.3 is 0 Å². The van der Waals surface area contributed by atoms with Crippen LogP contribution in [-0.4, -0.2) is 12.0 Å². The average Bonchev–Trinajstić information content (AvgIpc) is 2.35. The summed E-state index contributed by atoms with van der Waals surface area (Å²) in [6, 6.07) is 4.63. The Kier molecular flexibility index (Phi) is 6.82. The molecular formula is C14H24N2. The summed E-state index contributed by atoms with van der Waals surface area (Å²) in [7, 11) is 2.03. The molecule has 0 spiro atoms. The molecule has 0 aliphatic carbocycles. The van der Waals surface area contributed by atoms with Crippen LogP contribution in [0.4, 0.5) is 0 Å². The first-order chi connectivity index (χ1) is 7.88. The maximum absolute atomic E-state index is 4.17. The Morgan fingerprint density at radius 1 is 1.25 bits per heavy atom. The summed E-state index contributed by atoms with van der Waals surface area (Å²) in [6.45, 7) is 2.26. The first-order valence-electron chi connectivity index (χ1n) is 6.45. The van der Waals surface area contributed by atoms with Gasteiger partial charge in [-0.05, 0) is 25.1 Å². The van der Waals surface area contributed by atoms with Crippen molar-refractivity contribution in [3.63, 3.8) is 0 Å². The highest BCUT2D eigenvalue weighted by molar-refractivity contribution is 5.13. The molecule has 0 aliphatic heterocycles.